The molecule has 4 nitrogen and oxygen atoms in total. The zero-order chi connectivity index (χ0) is 21.5. The van der Waals surface area contributed by atoms with Gasteiger partial charge in [0, 0.05) is 23.1 Å². The van der Waals surface area contributed by atoms with E-state index in [1.807, 2.05) is 49.4 Å². The van der Waals surface area contributed by atoms with Crippen molar-refractivity contribution in [2.24, 2.45) is 0 Å². The van der Waals surface area contributed by atoms with Crippen molar-refractivity contribution in [1.82, 2.24) is 0 Å². The van der Waals surface area contributed by atoms with Crippen LogP contribution in [-0.2, 0) is 11.2 Å². The Hall–Kier alpha value is -3.34. The van der Waals surface area contributed by atoms with Gasteiger partial charge in [-0.15, -0.1) is 0 Å². The SMILES string of the molecule is Cc1ccccc1-c1ccc(F)c(C2CCc3cc4c(cc3O2)OCC4CC(=O)O)c1. The number of carboxylic acid groups (broad SMARTS) is 1. The number of hydrogen-bond acceptors (Lipinski definition) is 3. The summed E-state index contributed by atoms with van der Waals surface area (Å²) in [5, 5.41) is 9.13. The Balaban J connectivity index is 1.45. The van der Waals surface area contributed by atoms with Crippen molar-refractivity contribution in [2.75, 3.05) is 6.61 Å². The molecule has 2 aliphatic heterocycles. The van der Waals surface area contributed by atoms with Gasteiger partial charge in [0.2, 0.25) is 0 Å². The molecule has 1 N–H and O–H groups in total. The van der Waals surface area contributed by atoms with E-state index >= 15 is 0 Å². The van der Waals surface area contributed by atoms with E-state index in [2.05, 4.69) is 0 Å². The van der Waals surface area contributed by atoms with Gasteiger partial charge in [-0.1, -0.05) is 30.3 Å². The molecule has 5 rings (SSSR count). The lowest BCUT2D eigenvalue weighted by Crippen LogP contribution is -2.17. The number of benzene rings is 3. The molecule has 5 heteroatoms. The van der Waals surface area contributed by atoms with Crippen molar-refractivity contribution in [1.29, 1.82) is 0 Å². The van der Waals surface area contributed by atoms with Crippen LogP contribution in [0.25, 0.3) is 11.1 Å². The first-order chi connectivity index (χ1) is 15.0. The van der Waals surface area contributed by atoms with E-state index in [9.17, 15) is 9.18 Å². The predicted octanol–water partition coefficient (Wildman–Crippen LogP) is 5.82. The third kappa shape index (κ3) is 3.65. The van der Waals surface area contributed by atoms with Gasteiger partial charge in [0.25, 0.3) is 0 Å². The van der Waals surface area contributed by atoms with Crippen LogP contribution in [0.15, 0.2) is 54.6 Å². The van der Waals surface area contributed by atoms with Crippen LogP contribution in [0, 0.1) is 12.7 Å². The van der Waals surface area contributed by atoms with Crippen molar-refractivity contribution in [3.63, 3.8) is 0 Å². The number of carboxylic acids is 1. The second kappa shape index (κ2) is 7.73. The number of aliphatic carboxylic acids is 1. The molecule has 0 radical (unpaired) electrons. The zero-order valence-electron chi connectivity index (χ0n) is 17.2. The molecule has 0 aliphatic carbocycles. The molecule has 0 bridgehead atoms. The van der Waals surface area contributed by atoms with E-state index in [-0.39, 0.29) is 24.3 Å². The number of aryl methyl sites for hydroxylation is 2. The highest BCUT2D eigenvalue weighted by Crippen LogP contribution is 2.44. The van der Waals surface area contributed by atoms with E-state index in [1.165, 1.54) is 6.07 Å². The van der Waals surface area contributed by atoms with Crippen LogP contribution in [0.3, 0.4) is 0 Å². The first kappa shape index (κ1) is 19.6. The normalized spacial score (nSPS) is 19.2. The van der Waals surface area contributed by atoms with Crippen LogP contribution in [-0.4, -0.2) is 17.7 Å². The van der Waals surface area contributed by atoms with E-state index in [4.69, 9.17) is 14.6 Å². The summed E-state index contributed by atoms with van der Waals surface area (Å²) in [5.74, 6) is 0.106. The van der Waals surface area contributed by atoms with Crippen LogP contribution >= 0.6 is 0 Å². The maximum atomic E-state index is 14.8. The minimum absolute atomic E-state index is 0.0478. The number of ether oxygens (including phenoxy) is 2. The first-order valence-corrected chi connectivity index (χ1v) is 10.5. The fourth-order valence-corrected chi connectivity index (χ4v) is 4.61. The highest BCUT2D eigenvalue weighted by atomic mass is 19.1. The van der Waals surface area contributed by atoms with Gasteiger partial charge in [0.05, 0.1) is 13.0 Å². The van der Waals surface area contributed by atoms with Gasteiger partial charge < -0.3 is 14.6 Å². The van der Waals surface area contributed by atoms with Crippen LogP contribution in [0.4, 0.5) is 4.39 Å². The largest absolute Gasteiger partial charge is 0.492 e. The van der Waals surface area contributed by atoms with Crippen molar-refractivity contribution in [2.45, 2.75) is 38.2 Å². The second-order valence-corrected chi connectivity index (χ2v) is 8.30. The third-order valence-corrected chi connectivity index (χ3v) is 6.24. The summed E-state index contributed by atoms with van der Waals surface area (Å²) in [6, 6.07) is 17.1. The minimum atomic E-state index is -0.834. The van der Waals surface area contributed by atoms with Crippen LogP contribution in [0.5, 0.6) is 11.5 Å². The monoisotopic (exact) mass is 418 g/mol. The molecule has 2 aliphatic rings. The van der Waals surface area contributed by atoms with Crippen molar-refractivity contribution < 1.29 is 23.8 Å². The minimum Gasteiger partial charge on any atom is -0.492 e. The molecule has 0 saturated heterocycles. The van der Waals surface area contributed by atoms with Crippen LogP contribution in [0.1, 0.15) is 47.1 Å². The molecule has 2 atom stereocenters. The lowest BCUT2D eigenvalue weighted by Gasteiger charge is -2.28. The topological polar surface area (TPSA) is 55.8 Å². The Bertz CT molecular complexity index is 1170. The number of hydrogen-bond donors (Lipinski definition) is 1. The van der Waals surface area contributed by atoms with E-state index < -0.39 is 5.97 Å². The lowest BCUT2D eigenvalue weighted by molar-refractivity contribution is -0.137. The maximum Gasteiger partial charge on any atom is 0.304 e. The number of fused-ring (bicyclic) bond motifs is 2. The van der Waals surface area contributed by atoms with Gasteiger partial charge in [-0.3, -0.25) is 4.79 Å². The highest BCUT2D eigenvalue weighted by molar-refractivity contribution is 5.69. The van der Waals surface area contributed by atoms with Gasteiger partial charge in [-0.25, -0.2) is 4.39 Å². The lowest BCUT2D eigenvalue weighted by atomic mass is 9.90. The zero-order valence-corrected chi connectivity index (χ0v) is 17.2. The van der Waals surface area contributed by atoms with Gasteiger partial charge in [0.15, 0.2) is 0 Å². The van der Waals surface area contributed by atoms with E-state index in [1.54, 1.807) is 6.07 Å². The van der Waals surface area contributed by atoms with Gasteiger partial charge in [-0.2, -0.15) is 0 Å². The number of carbonyl (C=O) groups is 1. The molecule has 0 spiro atoms. The first-order valence-electron chi connectivity index (χ1n) is 10.5. The third-order valence-electron chi connectivity index (χ3n) is 6.24. The maximum absolute atomic E-state index is 14.8. The highest BCUT2D eigenvalue weighted by Gasteiger charge is 2.31. The summed E-state index contributed by atoms with van der Waals surface area (Å²) >= 11 is 0. The summed E-state index contributed by atoms with van der Waals surface area (Å²) in [4.78, 5) is 11.1. The smallest absolute Gasteiger partial charge is 0.304 e. The predicted molar refractivity (Wildman–Crippen MR) is 115 cm³/mol. The summed E-state index contributed by atoms with van der Waals surface area (Å²) in [6.07, 6.45) is 1.06. The molecule has 0 saturated carbocycles. The molecule has 2 unspecified atom stereocenters. The summed E-state index contributed by atoms with van der Waals surface area (Å²) in [7, 11) is 0. The Morgan fingerprint density at radius 3 is 2.74 bits per heavy atom. The molecule has 0 fully saturated rings. The number of rotatable bonds is 4. The Kier molecular flexibility index (Phi) is 4.89. The molecular formula is C26H23FO4. The summed E-state index contributed by atoms with van der Waals surface area (Å²) in [5.41, 5.74) is 5.69. The average molecular weight is 418 g/mol. The molecule has 2 heterocycles. The molecule has 31 heavy (non-hydrogen) atoms. The van der Waals surface area contributed by atoms with Crippen LogP contribution < -0.4 is 9.47 Å². The fourth-order valence-electron chi connectivity index (χ4n) is 4.61. The molecule has 3 aromatic carbocycles. The summed E-state index contributed by atoms with van der Waals surface area (Å²) < 4.78 is 26.7. The summed E-state index contributed by atoms with van der Waals surface area (Å²) in [6.45, 7) is 2.41. The van der Waals surface area contributed by atoms with Gasteiger partial charge in [0.1, 0.15) is 23.4 Å². The van der Waals surface area contributed by atoms with Crippen LogP contribution in [0.2, 0.25) is 0 Å². The number of halogens is 1. The van der Waals surface area contributed by atoms with E-state index in [0.717, 1.165) is 34.2 Å². The Labute approximate surface area is 180 Å². The quantitative estimate of drug-likeness (QED) is 0.580. The molecule has 0 aromatic heterocycles. The molecule has 3 aromatic rings. The molecule has 0 amide bonds. The Morgan fingerprint density at radius 2 is 1.94 bits per heavy atom. The fraction of sp³-hybridized carbons (Fsp3) is 0.269. The van der Waals surface area contributed by atoms with E-state index in [0.29, 0.717) is 30.1 Å². The van der Waals surface area contributed by atoms with Crippen molar-refractivity contribution in [3.05, 3.63) is 82.7 Å². The molecule has 158 valence electrons. The van der Waals surface area contributed by atoms with Crippen molar-refractivity contribution >= 4 is 5.97 Å². The van der Waals surface area contributed by atoms with Gasteiger partial charge >= 0.3 is 5.97 Å². The van der Waals surface area contributed by atoms with Crippen molar-refractivity contribution in [3.8, 4) is 22.6 Å². The standard InChI is InChI=1S/C26H23FO4/c1-15-4-2-3-5-19(15)16-6-8-22(27)21(10-16)23-9-7-17-11-20-18(12-26(28)29)14-30-25(20)13-24(17)31-23/h2-6,8,10-11,13,18,23H,7,9,12,14H2,1H3,(H,28,29). The molecular weight excluding hydrogens is 395 g/mol. The Morgan fingerprint density at radius 1 is 1.10 bits per heavy atom. The average Bonchev–Trinajstić information content (AvgIpc) is 3.13. The second-order valence-electron chi connectivity index (χ2n) is 8.30. The van der Waals surface area contributed by atoms with Gasteiger partial charge in [-0.05, 0) is 60.2 Å².